The van der Waals surface area contributed by atoms with E-state index >= 15 is 0 Å². The van der Waals surface area contributed by atoms with E-state index in [9.17, 15) is 4.79 Å². The van der Waals surface area contributed by atoms with Crippen molar-refractivity contribution in [3.8, 4) is 16.5 Å². The Balaban J connectivity index is 1.17. The fraction of sp³-hybridized carbons (Fsp3) is 0.312. The molecule has 0 bridgehead atoms. The van der Waals surface area contributed by atoms with Crippen LogP contribution in [0.25, 0.3) is 11.1 Å². The lowest BCUT2D eigenvalue weighted by atomic mass is 9.89. The van der Waals surface area contributed by atoms with Gasteiger partial charge in [0.15, 0.2) is 0 Å². The number of thiophene rings is 1. The molecule has 1 aliphatic carbocycles. The first kappa shape index (κ1) is 27.6. The summed E-state index contributed by atoms with van der Waals surface area (Å²) >= 11 is 7.66. The van der Waals surface area contributed by atoms with Crippen LogP contribution in [0.15, 0.2) is 67.0 Å². The molecule has 1 fully saturated rings. The number of hydrogen-bond acceptors (Lipinski definition) is 6. The van der Waals surface area contributed by atoms with Crippen molar-refractivity contribution < 1.29 is 14.3 Å². The molecular weight excluding hydrogens is 556 g/mol. The number of aromatic nitrogens is 2. The molecule has 2 atom stereocenters. The molecule has 2 aliphatic rings. The van der Waals surface area contributed by atoms with Crippen LogP contribution in [0.3, 0.4) is 0 Å². The smallest absolute Gasteiger partial charge is 0.262 e. The molecule has 2 aromatic heterocycles. The Bertz CT molecular complexity index is 1570. The minimum Gasteiger partial charge on any atom is -0.492 e. The highest BCUT2D eigenvalue weighted by molar-refractivity contribution is 7.16. The number of halogens is 1. The molecule has 0 saturated carbocycles. The van der Waals surface area contributed by atoms with E-state index in [2.05, 4.69) is 35.3 Å². The van der Waals surface area contributed by atoms with E-state index in [1.165, 1.54) is 42.8 Å². The lowest BCUT2D eigenvalue weighted by Gasteiger charge is -2.19. The highest BCUT2D eigenvalue weighted by Gasteiger charge is 2.24. The Kier molecular flexibility index (Phi) is 8.14. The number of imidazole rings is 1. The summed E-state index contributed by atoms with van der Waals surface area (Å²) in [5.74, 6) is 1.01. The third-order valence-corrected chi connectivity index (χ3v) is 9.21. The van der Waals surface area contributed by atoms with Crippen molar-refractivity contribution in [3.05, 3.63) is 99.4 Å². The Morgan fingerprint density at radius 2 is 2.00 bits per heavy atom. The SMILES string of the molecule is C[C@@H](Oc1cc(-n2cnc3c2C=CC(c2cccc(OCCN4CCCC4)c2)C3)sc1C(N)=O)c1ccccc1Cl. The molecule has 1 saturated heterocycles. The molecule has 0 radical (unpaired) electrons. The monoisotopic (exact) mass is 588 g/mol. The maximum absolute atomic E-state index is 12.3. The first-order chi connectivity index (χ1) is 20.0. The number of hydrogen-bond donors (Lipinski definition) is 1. The molecule has 0 spiro atoms. The summed E-state index contributed by atoms with van der Waals surface area (Å²) in [4.78, 5) is 19.9. The van der Waals surface area contributed by atoms with Crippen molar-refractivity contribution in [3.63, 3.8) is 0 Å². The topological polar surface area (TPSA) is 82.6 Å². The quantitative estimate of drug-likeness (QED) is 0.224. The van der Waals surface area contributed by atoms with Gasteiger partial charge < -0.3 is 15.2 Å². The standard InChI is InChI=1S/C32H33ClN4O3S/c1-21(25-9-2-3-10-26(25)33)40-29-19-30(41-31(29)32(34)38)37-20-35-27-18-23(11-12-28(27)37)22-7-6-8-24(17-22)39-16-15-36-13-4-5-14-36/h2-3,6-12,17,19-21,23H,4-5,13-16,18H2,1H3,(H2,34,38)/t21-,23?/m1/s1. The Hall–Kier alpha value is -3.59. The van der Waals surface area contributed by atoms with Crippen molar-refractivity contribution in [1.82, 2.24) is 14.5 Å². The molecular formula is C32H33ClN4O3S. The number of nitrogens with zero attached hydrogens (tertiary/aromatic N) is 3. The summed E-state index contributed by atoms with van der Waals surface area (Å²) in [6, 6.07) is 17.7. The second-order valence-corrected chi connectivity index (χ2v) is 11.9. The molecule has 4 aromatic rings. The van der Waals surface area contributed by atoms with Crippen LogP contribution in [0, 0.1) is 0 Å². The number of ether oxygens (including phenoxy) is 2. The molecule has 41 heavy (non-hydrogen) atoms. The molecule has 7 nitrogen and oxygen atoms in total. The highest BCUT2D eigenvalue weighted by atomic mass is 35.5. The third kappa shape index (κ3) is 6.05. The van der Waals surface area contributed by atoms with Gasteiger partial charge in [0.2, 0.25) is 0 Å². The molecule has 1 aliphatic heterocycles. The van der Waals surface area contributed by atoms with Crippen molar-refractivity contribution in [2.75, 3.05) is 26.2 Å². The summed E-state index contributed by atoms with van der Waals surface area (Å²) in [6.07, 6.45) is 9.11. The largest absolute Gasteiger partial charge is 0.492 e. The summed E-state index contributed by atoms with van der Waals surface area (Å²) in [6.45, 7) is 5.93. The van der Waals surface area contributed by atoms with Gasteiger partial charge in [-0.1, -0.05) is 48.0 Å². The summed E-state index contributed by atoms with van der Waals surface area (Å²) in [7, 11) is 0. The number of carbonyl (C=O) groups is 1. The van der Waals surface area contributed by atoms with E-state index in [1.54, 1.807) is 6.33 Å². The highest BCUT2D eigenvalue weighted by Crippen LogP contribution is 2.38. The van der Waals surface area contributed by atoms with Gasteiger partial charge in [-0.3, -0.25) is 14.3 Å². The van der Waals surface area contributed by atoms with Crippen LogP contribution < -0.4 is 15.2 Å². The van der Waals surface area contributed by atoms with Crippen LogP contribution in [-0.4, -0.2) is 46.6 Å². The minimum absolute atomic E-state index is 0.202. The predicted molar refractivity (Wildman–Crippen MR) is 164 cm³/mol. The second kappa shape index (κ2) is 12.1. The number of fused-ring (bicyclic) bond motifs is 1. The zero-order chi connectivity index (χ0) is 28.3. The first-order valence-corrected chi connectivity index (χ1v) is 15.2. The van der Waals surface area contributed by atoms with Gasteiger partial charge in [-0.2, -0.15) is 0 Å². The van der Waals surface area contributed by atoms with Gasteiger partial charge in [-0.15, -0.1) is 11.3 Å². The normalized spacial score (nSPS) is 17.4. The van der Waals surface area contributed by atoms with E-state index in [1.807, 2.05) is 47.9 Å². The van der Waals surface area contributed by atoms with Gasteiger partial charge >= 0.3 is 0 Å². The minimum atomic E-state index is -0.533. The van der Waals surface area contributed by atoms with Crippen LogP contribution in [0.4, 0.5) is 0 Å². The number of likely N-dealkylation sites (tertiary alicyclic amines) is 1. The van der Waals surface area contributed by atoms with E-state index in [4.69, 9.17) is 31.8 Å². The first-order valence-electron chi connectivity index (χ1n) is 14.0. The maximum atomic E-state index is 12.3. The number of allylic oxidation sites excluding steroid dienone is 1. The molecule has 212 valence electrons. The number of nitrogens with two attached hydrogens (primary N) is 1. The van der Waals surface area contributed by atoms with Crippen LogP contribution >= 0.6 is 22.9 Å². The number of carbonyl (C=O) groups excluding carboxylic acids is 1. The Labute approximate surface area is 249 Å². The third-order valence-electron chi connectivity index (χ3n) is 7.74. The fourth-order valence-corrected chi connectivity index (χ4v) is 6.77. The lowest BCUT2D eigenvalue weighted by Crippen LogP contribution is -2.25. The Morgan fingerprint density at radius 3 is 2.80 bits per heavy atom. The van der Waals surface area contributed by atoms with Crippen molar-refractivity contribution in [2.24, 2.45) is 5.73 Å². The molecule has 9 heteroatoms. The van der Waals surface area contributed by atoms with Crippen LogP contribution in [-0.2, 0) is 6.42 Å². The molecule has 2 aromatic carbocycles. The zero-order valence-corrected chi connectivity index (χ0v) is 24.5. The van der Waals surface area contributed by atoms with E-state index in [-0.39, 0.29) is 12.0 Å². The fourth-order valence-electron chi connectivity index (χ4n) is 5.55. The molecule has 3 heterocycles. The molecule has 1 unspecified atom stereocenters. The molecule has 6 rings (SSSR count). The van der Waals surface area contributed by atoms with Gasteiger partial charge in [0.05, 0.1) is 11.4 Å². The van der Waals surface area contributed by atoms with Crippen molar-refractivity contribution >= 4 is 34.9 Å². The molecule has 2 N–H and O–H groups in total. The van der Waals surface area contributed by atoms with Gasteiger partial charge in [-0.05, 0) is 62.7 Å². The maximum Gasteiger partial charge on any atom is 0.262 e. The van der Waals surface area contributed by atoms with Gasteiger partial charge in [0.25, 0.3) is 5.91 Å². The number of amides is 1. The zero-order valence-electron chi connectivity index (χ0n) is 23.0. The summed E-state index contributed by atoms with van der Waals surface area (Å²) in [5.41, 5.74) is 9.77. The second-order valence-electron chi connectivity index (χ2n) is 10.5. The predicted octanol–water partition coefficient (Wildman–Crippen LogP) is 6.65. The van der Waals surface area contributed by atoms with Crippen LogP contribution in [0.2, 0.25) is 5.02 Å². The number of rotatable bonds is 10. The summed E-state index contributed by atoms with van der Waals surface area (Å²) < 4.78 is 14.3. The van der Waals surface area contributed by atoms with Gasteiger partial charge in [0.1, 0.15) is 40.4 Å². The van der Waals surface area contributed by atoms with Crippen LogP contribution in [0.5, 0.6) is 11.5 Å². The Morgan fingerprint density at radius 1 is 1.17 bits per heavy atom. The number of primary amides is 1. The van der Waals surface area contributed by atoms with Crippen molar-refractivity contribution in [1.29, 1.82) is 0 Å². The average Bonchev–Trinajstić information content (AvgIpc) is 3.73. The van der Waals surface area contributed by atoms with Gasteiger partial charge in [-0.25, -0.2) is 4.98 Å². The van der Waals surface area contributed by atoms with E-state index < -0.39 is 5.91 Å². The van der Waals surface area contributed by atoms with Gasteiger partial charge in [0, 0.05) is 35.5 Å². The number of benzene rings is 2. The van der Waals surface area contributed by atoms with E-state index in [0.717, 1.165) is 40.7 Å². The van der Waals surface area contributed by atoms with Crippen LogP contribution in [0.1, 0.15) is 64.0 Å². The summed E-state index contributed by atoms with van der Waals surface area (Å²) in [5, 5.41) is 1.42. The molecule has 1 amide bonds. The van der Waals surface area contributed by atoms with Crippen molar-refractivity contribution in [2.45, 2.75) is 38.2 Å². The lowest BCUT2D eigenvalue weighted by molar-refractivity contribution is 0.0998. The van der Waals surface area contributed by atoms with E-state index in [0.29, 0.717) is 22.3 Å². The average molecular weight is 589 g/mol.